The fraction of sp³-hybridized carbons (Fsp3) is 0.550. The fourth-order valence-corrected chi connectivity index (χ4v) is 2.79. The standard InChI is InChI=1S/C20H28N2O4/c1-5-25-19(24)16-10-12-22(13-11-16)17-8-6-15(14-21-17)7-9-18(23)26-20(2,3)4/h6-9,14,16H,5,10-13H2,1-4H3. The van der Waals surface area contributed by atoms with E-state index in [1.807, 2.05) is 39.8 Å². The minimum Gasteiger partial charge on any atom is -0.466 e. The Bertz CT molecular complexity index is 639. The zero-order valence-corrected chi connectivity index (χ0v) is 16.0. The van der Waals surface area contributed by atoms with Crippen LogP contribution in [0.1, 0.15) is 46.1 Å². The first kappa shape index (κ1) is 19.9. The van der Waals surface area contributed by atoms with Gasteiger partial charge < -0.3 is 14.4 Å². The van der Waals surface area contributed by atoms with Crippen LogP contribution in [0.3, 0.4) is 0 Å². The third-order valence-corrected chi connectivity index (χ3v) is 4.03. The molecule has 142 valence electrons. The van der Waals surface area contributed by atoms with Crippen molar-refractivity contribution in [3.63, 3.8) is 0 Å². The van der Waals surface area contributed by atoms with Gasteiger partial charge in [-0.3, -0.25) is 4.79 Å². The second-order valence-electron chi connectivity index (χ2n) is 7.33. The molecule has 1 saturated heterocycles. The molecule has 6 nitrogen and oxygen atoms in total. The van der Waals surface area contributed by atoms with Gasteiger partial charge in [0.2, 0.25) is 0 Å². The minimum absolute atomic E-state index is 0.0118. The van der Waals surface area contributed by atoms with Gasteiger partial charge in [-0.05, 0) is 64.3 Å². The molecule has 0 aliphatic carbocycles. The molecule has 0 unspecified atom stereocenters. The van der Waals surface area contributed by atoms with Crippen LogP contribution >= 0.6 is 0 Å². The zero-order valence-electron chi connectivity index (χ0n) is 16.0. The van der Waals surface area contributed by atoms with Crippen molar-refractivity contribution in [3.8, 4) is 0 Å². The Hall–Kier alpha value is -2.37. The van der Waals surface area contributed by atoms with E-state index in [0.717, 1.165) is 37.3 Å². The first-order chi connectivity index (χ1) is 12.3. The second-order valence-corrected chi connectivity index (χ2v) is 7.33. The SMILES string of the molecule is CCOC(=O)C1CCN(c2ccc(C=CC(=O)OC(C)(C)C)cn2)CC1. The number of hydrogen-bond donors (Lipinski definition) is 0. The number of rotatable bonds is 5. The highest BCUT2D eigenvalue weighted by Gasteiger charge is 2.26. The molecule has 0 amide bonds. The number of aromatic nitrogens is 1. The zero-order chi connectivity index (χ0) is 19.2. The molecule has 1 fully saturated rings. The van der Waals surface area contributed by atoms with Crippen LogP contribution in [0.4, 0.5) is 5.82 Å². The van der Waals surface area contributed by atoms with Crippen LogP contribution in [0, 0.1) is 5.92 Å². The summed E-state index contributed by atoms with van der Waals surface area (Å²) in [5, 5.41) is 0. The Balaban J connectivity index is 1.88. The van der Waals surface area contributed by atoms with Gasteiger partial charge in [0.05, 0.1) is 12.5 Å². The average Bonchev–Trinajstić information content (AvgIpc) is 2.59. The largest absolute Gasteiger partial charge is 0.466 e. The minimum atomic E-state index is -0.501. The molecule has 2 rings (SSSR count). The van der Waals surface area contributed by atoms with Crippen molar-refractivity contribution in [3.05, 3.63) is 30.0 Å². The van der Waals surface area contributed by atoms with E-state index in [0.29, 0.717) is 6.61 Å². The lowest BCUT2D eigenvalue weighted by Crippen LogP contribution is -2.37. The molecular formula is C20H28N2O4. The molecular weight excluding hydrogens is 332 g/mol. The van der Waals surface area contributed by atoms with Crippen molar-refractivity contribution in [2.75, 3.05) is 24.6 Å². The Kier molecular flexibility index (Phi) is 6.77. The van der Waals surface area contributed by atoms with E-state index in [2.05, 4.69) is 9.88 Å². The Morgan fingerprint density at radius 1 is 1.27 bits per heavy atom. The van der Waals surface area contributed by atoms with Crippen LogP contribution in [0.15, 0.2) is 24.4 Å². The van der Waals surface area contributed by atoms with E-state index in [1.54, 1.807) is 12.3 Å². The lowest BCUT2D eigenvalue weighted by atomic mass is 9.97. The number of anilines is 1. The monoisotopic (exact) mass is 360 g/mol. The molecule has 1 aliphatic heterocycles. The van der Waals surface area contributed by atoms with Crippen molar-refractivity contribution in [1.29, 1.82) is 0 Å². The van der Waals surface area contributed by atoms with Crippen LogP contribution < -0.4 is 4.90 Å². The number of ether oxygens (including phenoxy) is 2. The smallest absolute Gasteiger partial charge is 0.331 e. The van der Waals surface area contributed by atoms with Crippen LogP contribution in [-0.2, 0) is 19.1 Å². The lowest BCUT2D eigenvalue weighted by molar-refractivity contribution is -0.149. The van der Waals surface area contributed by atoms with Crippen molar-refractivity contribution >= 4 is 23.8 Å². The van der Waals surface area contributed by atoms with E-state index in [-0.39, 0.29) is 17.9 Å². The number of hydrogen-bond acceptors (Lipinski definition) is 6. The van der Waals surface area contributed by atoms with Gasteiger partial charge in [-0.15, -0.1) is 0 Å². The summed E-state index contributed by atoms with van der Waals surface area (Å²) in [6.07, 6.45) is 6.39. The third-order valence-electron chi connectivity index (χ3n) is 4.03. The van der Waals surface area contributed by atoms with Gasteiger partial charge in [-0.2, -0.15) is 0 Å². The van der Waals surface area contributed by atoms with Crippen LogP contribution in [0.2, 0.25) is 0 Å². The molecule has 0 atom stereocenters. The highest BCUT2D eigenvalue weighted by molar-refractivity contribution is 5.87. The van der Waals surface area contributed by atoms with Crippen LogP contribution in [0.5, 0.6) is 0 Å². The molecule has 0 radical (unpaired) electrons. The van der Waals surface area contributed by atoms with Gasteiger partial charge in [0.15, 0.2) is 0 Å². The Morgan fingerprint density at radius 2 is 1.96 bits per heavy atom. The number of pyridine rings is 1. The molecule has 1 aromatic heterocycles. The number of piperidine rings is 1. The maximum absolute atomic E-state index is 11.8. The van der Waals surface area contributed by atoms with E-state index in [4.69, 9.17) is 9.47 Å². The molecule has 0 N–H and O–H groups in total. The third kappa shape index (κ3) is 6.17. The summed E-state index contributed by atoms with van der Waals surface area (Å²) in [6, 6.07) is 3.85. The summed E-state index contributed by atoms with van der Waals surface area (Å²) in [5.74, 6) is 0.398. The number of carbonyl (C=O) groups excluding carboxylic acids is 2. The normalized spacial score (nSPS) is 15.9. The number of carbonyl (C=O) groups is 2. The first-order valence-electron chi connectivity index (χ1n) is 9.07. The topological polar surface area (TPSA) is 68.7 Å². The highest BCUT2D eigenvalue weighted by Crippen LogP contribution is 2.23. The molecule has 0 aromatic carbocycles. The van der Waals surface area contributed by atoms with Crippen molar-refractivity contribution < 1.29 is 19.1 Å². The lowest BCUT2D eigenvalue weighted by Gasteiger charge is -2.31. The van der Waals surface area contributed by atoms with Gasteiger partial charge in [0.1, 0.15) is 11.4 Å². The summed E-state index contributed by atoms with van der Waals surface area (Å²) >= 11 is 0. The number of nitrogens with zero attached hydrogens (tertiary/aromatic N) is 2. The maximum atomic E-state index is 11.8. The summed E-state index contributed by atoms with van der Waals surface area (Å²) in [4.78, 5) is 30.1. The van der Waals surface area contributed by atoms with Crippen molar-refractivity contribution in [1.82, 2.24) is 4.98 Å². The average molecular weight is 360 g/mol. The molecule has 6 heteroatoms. The second kappa shape index (κ2) is 8.83. The Morgan fingerprint density at radius 3 is 2.50 bits per heavy atom. The summed E-state index contributed by atoms with van der Waals surface area (Å²) in [7, 11) is 0. The van der Waals surface area contributed by atoms with Gasteiger partial charge in [0, 0.05) is 25.4 Å². The summed E-state index contributed by atoms with van der Waals surface area (Å²) in [5.41, 5.74) is 0.333. The maximum Gasteiger partial charge on any atom is 0.331 e. The van der Waals surface area contributed by atoms with Crippen molar-refractivity contribution in [2.45, 2.75) is 46.1 Å². The molecule has 0 bridgehead atoms. The van der Waals surface area contributed by atoms with E-state index >= 15 is 0 Å². The molecule has 0 spiro atoms. The fourth-order valence-electron chi connectivity index (χ4n) is 2.79. The highest BCUT2D eigenvalue weighted by atomic mass is 16.6. The van der Waals surface area contributed by atoms with E-state index in [1.165, 1.54) is 6.08 Å². The van der Waals surface area contributed by atoms with Gasteiger partial charge >= 0.3 is 11.9 Å². The quantitative estimate of drug-likeness (QED) is 0.593. The van der Waals surface area contributed by atoms with Gasteiger partial charge in [0.25, 0.3) is 0 Å². The number of esters is 2. The van der Waals surface area contributed by atoms with E-state index < -0.39 is 5.60 Å². The van der Waals surface area contributed by atoms with Crippen molar-refractivity contribution in [2.24, 2.45) is 5.92 Å². The first-order valence-corrected chi connectivity index (χ1v) is 9.07. The molecule has 2 heterocycles. The van der Waals surface area contributed by atoms with Crippen LogP contribution in [0.25, 0.3) is 6.08 Å². The Labute approximate surface area is 155 Å². The predicted octanol–water partition coefficient (Wildman–Crippen LogP) is 3.22. The summed E-state index contributed by atoms with van der Waals surface area (Å²) in [6.45, 7) is 9.32. The summed E-state index contributed by atoms with van der Waals surface area (Å²) < 4.78 is 10.3. The van der Waals surface area contributed by atoms with E-state index in [9.17, 15) is 9.59 Å². The predicted molar refractivity (Wildman–Crippen MR) is 101 cm³/mol. The van der Waals surface area contributed by atoms with Gasteiger partial charge in [-0.1, -0.05) is 0 Å². The molecule has 1 aliphatic rings. The molecule has 0 saturated carbocycles. The van der Waals surface area contributed by atoms with Crippen LogP contribution in [-0.4, -0.2) is 42.2 Å². The molecule has 1 aromatic rings. The van der Waals surface area contributed by atoms with Gasteiger partial charge in [-0.25, -0.2) is 9.78 Å². The molecule has 26 heavy (non-hydrogen) atoms.